The fourth-order valence-corrected chi connectivity index (χ4v) is 2.67. The van der Waals surface area contributed by atoms with Crippen molar-refractivity contribution in [2.75, 3.05) is 6.61 Å². The number of ether oxygens (including phenoxy) is 2. The van der Waals surface area contributed by atoms with E-state index in [0.29, 0.717) is 6.61 Å². The quantitative estimate of drug-likeness (QED) is 0.612. The predicted octanol–water partition coefficient (Wildman–Crippen LogP) is 5.86. The minimum Gasteiger partial charge on any atom is -0.489 e. The highest BCUT2D eigenvalue weighted by atomic mass is 16.5. The van der Waals surface area contributed by atoms with Crippen LogP contribution in [0.25, 0.3) is 0 Å². The lowest BCUT2D eigenvalue weighted by atomic mass is 10.0. The van der Waals surface area contributed by atoms with E-state index in [1.807, 2.05) is 12.1 Å². The molecule has 0 unspecified atom stereocenters. The second-order valence-electron chi connectivity index (χ2n) is 7.45. The number of hydrogen-bond donors (Lipinski definition) is 0. The molecule has 1 aromatic carbocycles. The molecular weight excluding hydrogens is 284 g/mol. The maximum atomic E-state index is 5.95. The van der Waals surface area contributed by atoms with Gasteiger partial charge in [0, 0.05) is 12.5 Å². The molecule has 0 fully saturated rings. The second kappa shape index (κ2) is 7.25. The third-order valence-corrected chi connectivity index (χ3v) is 4.47. The van der Waals surface area contributed by atoms with Crippen LogP contribution in [0, 0.1) is 0 Å². The monoisotopic (exact) mass is 314 g/mol. The van der Waals surface area contributed by atoms with Gasteiger partial charge in [0.25, 0.3) is 0 Å². The Hall–Kier alpha value is -1.70. The molecule has 0 aliphatic carbocycles. The van der Waals surface area contributed by atoms with Crippen molar-refractivity contribution in [3.05, 3.63) is 46.6 Å². The lowest BCUT2D eigenvalue weighted by Crippen LogP contribution is -2.24. The largest absolute Gasteiger partial charge is 0.489 e. The molecule has 0 aromatic heterocycles. The normalized spacial score (nSPS) is 15.8. The Balaban J connectivity index is 1.85. The molecule has 2 heteroatoms. The van der Waals surface area contributed by atoms with E-state index in [1.54, 1.807) is 0 Å². The zero-order valence-corrected chi connectivity index (χ0v) is 15.5. The SMILES string of the molecule is CC(C)=C(C)CC/C(C)=C/COc1ccc2c(c1)OC(C)(C)C2. The van der Waals surface area contributed by atoms with Crippen LogP contribution in [0.2, 0.25) is 0 Å². The molecule has 0 saturated heterocycles. The smallest absolute Gasteiger partial charge is 0.127 e. The molecule has 0 N–H and O–H groups in total. The first-order valence-electron chi connectivity index (χ1n) is 8.50. The highest BCUT2D eigenvalue weighted by Crippen LogP contribution is 2.37. The van der Waals surface area contributed by atoms with E-state index >= 15 is 0 Å². The Morgan fingerprint density at radius 3 is 2.61 bits per heavy atom. The average molecular weight is 314 g/mol. The van der Waals surface area contributed by atoms with Crippen LogP contribution in [-0.4, -0.2) is 12.2 Å². The molecule has 1 aliphatic rings. The highest BCUT2D eigenvalue weighted by molar-refractivity contribution is 5.44. The first-order chi connectivity index (χ1) is 10.8. The molecule has 0 atom stereocenters. The van der Waals surface area contributed by atoms with Gasteiger partial charge in [-0.25, -0.2) is 0 Å². The molecule has 0 spiro atoms. The summed E-state index contributed by atoms with van der Waals surface area (Å²) in [6, 6.07) is 6.18. The van der Waals surface area contributed by atoms with Crippen molar-refractivity contribution in [2.45, 2.75) is 66.4 Å². The van der Waals surface area contributed by atoms with E-state index in [4.69, 9.17) is 9.47 Å². The summed E-state index contributed by atoms with van der Waals surface area (Å²) in [6.45, 7) is 13.6. The predicted molar refractivity (Wildman–Crippen MR) is 97.4 cm³/mol. The molecule has 23 heavy (non-hydrogen) atoms. The zero-order chi connectivity index (χ0) is 17.0. The van der Waals surface area contributed by atoms with Gasteiger partial charge in [-0.15, -0.1) is 0 Å². The van der Waals surface area contributed by atoms with Crippen LogP contribution >= 0.6 is 0 Å². The fourth-order valence-electron chi connectivity index (χ4n) is 2.67. The van der Waals surface area contributed by atoms with Gasteiger partial charge in [0.2, 0.25) is 0 Å². The molecule has 0 bridgehead atoms. The molecule has 2 nitrogen and oxygen atoms in total. The van der Waals surface area contributed by atoms with Crippen LogP contribution in [0.4, 0.5) is 0 Å². The summed E-state index contributed by atoms with van der Waals surface area (Å²) in [7, 11) is 0. The van der Waals surface area contributed by atoms with Crippen LogP contribution in [0.5, 0.6) is 11.5 Å². The first kappa shape index (κ1) is 17.7. The van der Waals surface area contributed by atoms with E-state index in [1.165, 1.54) is 22.3 Å². The van der Waals surface area contributed by atoms with E-state index in [-0.39, 0.29) is 5.60 Å². The lowest BCUT2D eigenvalue weighted by molar-refractivity contribution is 0.138. The third-order valence-electron chi connectivity index (χ3n) is 4.47. The molecular formula is C21H30O2. The average Bonchev–Trinajstić information content (AvgIpc) is 2.77. The topological polar surface area (TPSA) is 18.5 Å². The van der Waals surface area contributed by atoms with Gasteiger partial charge in [0.15, 0.2) is 0 Å². The van der Waals surface area contributed by atoms with Crippen molar-refractivity contribution in [2.24, 2.45) is 0 Å². The van der Waals surface area contributed by atoms with Gasteiger partial charge in [-0.1, -0.05) is 22.8 Å². The summed E-state index contributed by atoms with van der Waals surface area (Å²) in [4.78, 5) is 0. The van der Waals surface area contributed by atoms with Gasteiger partial charge in [0.1, 0.15) is 23.7 Å². The molecule has 1 aromatic rings. The molecule has 2 rings (SSSR count). The van der Waals surface area contributed by atoms with E-state index in [9.17, 15) is 0 Å². The molecule has 1 heterocycles. The first-order valence-corrected chi connectivity index (χ1v) is 8.50. The Labute approximate surface area is 141 Å². The van der Waals surface area contributed by atoms with E-state index in [2.05, 4.69) is 53.7 Å². The number of benzene rings is 1. The van der Waals surface area contributed by atoms with Crippen LogP contribution in [-0.2, 0) is 6.42 Å². The van der Waals surface area contributed by atoms with Gasteiger partial charge >= 0.3 is 0 Å². The van der Waals surface area contributed by atoms with Gasteiger partial charge in [-0.2, -0.15) is 0 Å². The molecule has 0 saturated carbocycles. The Bertz CT molecular complexity index is 617. The van der Waals surface area contributed by atoms with Gasteiger partial charge < -0.3 is 9.47 Å². The fraction of sp³-hybridized carbons (Fsp3) is 0.524. The van der Waals surface area contributed by atoms with Crippen LogP contribution in [0.3, 0.4) is 0 Å². The Morgan fingerprint density at radius 1 is 1.17 bits per heavy atom. The van der Waals surface area contributed by atoms with Gasteiger partial charge in [-0.3, -0.25) is 0 Å². The van der Waals surface area contributed by atoms with Crippen molar-refractivity contribution in [1.29, 1.82) is 0 Å². The summed E-state index contributed by atoms with van der Waals surface area (Å²) < 4.78 is 11.8. The molecule has 1 aliphatic heterocycles. The van der Waals surface area contributed by atoms with Crippen molar-refractivity contribution in [3.8, 4) is 11.5 Å². The highest BCUT2D eigenvalue weighted by Gasteiger charge is 2.29. The Kier molecular flexibility index (Phi) is 5.56. The minimum atomic E-state index is -0.0970. The molecule has 126 valence electrons. The van der Waals surface area contributed by atoms with Crippen LogP contribution in [0.1, 0.15) is 59.9 Å². The van der Waals surface area contributed by atoms with Gasteiger partial charge in [0.05, 0.1) is 0 Å². The minimum absolute atomic E-state index is 0.0970. The maximum absolute atomic E-state index is 5.95. The number of rotatable bonds is 6. The molecule has 0 radical (unpaired) electrons. The number of hydrogen-bond acceptors (Lipinski definition) is 2. The van der Waals surface area contributed by atoms with Crippen molar-refractivity contribution in [3.63, 3.8) is 0 Å². The van der Waals surface area contributed by atoms with Crippen molar-refractivity contribution in [1.82, 2.24) is 0 Å². The standard InChI is InChI=1S/C21H30O2/c1-15(2)17(4)8-7-16(3)11-12-22-19-10-9-18-14-21(5,6)23-20(18)13-19/h9-11,13H,7-8,12,14H2,1-6H3/b16-11+. The summed E-state index contributed by atoms with van der Waals surface area (Å²) in [5, 5.41) is 0. The molecule has 0 amide bonds. The van der Waals surface area contributed by atoms with Crippen molar-refractivity contribution < 1.29 is 9.47 Å². The zero-order valence-electron chi connectivity index (χ0n) is 15.5. The number of allylic oxidation sites excluding steroid dienone is 3. The van der Waals surface area contributed by atoms with E-state index in [0.717, 1.165) is 30.8 Å². The second-order valence-corrected chi connectivity index (χ2v) is 7.45. The van der Waals surface area contributed by atoms with Gasteiger partial charge in [-0.05, 0) is 72.1 Å². The van der Waals surface area contributed by atoms with E-state index < -0.39 is 0 Å². The third kappa shape index (κ3) is 5.16. The van der Waals surface area contributed by atoms with Crippen LogP contribution in [0.15, 0.2) is 41.0 Å². The van der Waals surface area contributed by atoms with Crippen molar-refractivity contribution >= 4 is 0 Å². The number of fused-ring (bicyclic) bond motifs is 1. The Morgan fingerprint density at radius 2 is 1.91 bits per heavy atom. The summed E-state index contributed by atoms with van der Waals surface area (Å²) >= 11 is 0. The summed E-state index contributed by atoms with van der Waals surface area (Å²) in [5.74, 6) is 1.85. The summed E-state index contributed by atoms with van der Waals surface area (Å²) in [5.41, 5.74) is 5.46. The van der Waals surface area contributed by atoms with Crippen LogP contribution < -0.4 is 9.47 Å². The lowest BCUT2D eigenvalue weighted by Gasteiger charge is -2.16. The summed E-state index contributed by atoms with van der Waals surface area (Å²) in [6.07, 6.45) is 5.37. The maximum Gasteiger partial charge on any atom is 0.127 e.